The topological polar surface area (TPSA) is 3.88 Å². The molecule has 0 unspecified atom stereocenters. The second-order valence-corrected chi connectivity index (χ2v) is 6.07. The van der Waals surface area contributed by atoms with Gasteiger partial charge in [0.2, 0.25) is 5.69 Å². The summed E-state index contributed by atoms with van der Waals surface area (Å²) >= 11 is 0. The predicted octanol–water partition coefficient (Wildman–Crippen LogP) is 4.52. The van der Waals surface area contributed by atoms with E-state index in [1.54, 1.807) is 20.8 Å². The standard InChI is InChI=1S/C19H25FN/c1-13-10-18(17-8-7-16(20)9-14(17)2)21(6)12-15(13)11-19(3,4)5/h7-10,12H,11H2,1-6H3/q+1/i1D3,7D,8D,9D,10D,11D2. The number of pyridine rings is 1. The summed E-state index contributed by atoms with van der Waals surface area (Å²) in [6.07, 6.45) is -0.832. The smallest absolute Gasteiger partial charge is 0.207 e. The van der Waals surface area contributed by atoms with Gasteiger partial charge in [-0.05, 0) is 54.8 Å². The van der Waals surface area contributed by atoms with Crippen molar-refractivity contribution in [3.8, 4) is 11.3 Å². The summed E-state index contributed by atoms with van der Waals surface area (Å²) in [5.41, 5.74) is -1.83. The van der Waals surface area contributed by atoms with Crippen LogP contribution in [0.25, 0.3) is 11.3 Å². The molecule has 0 spiro atoms. The van der Waals surface area contributed by atoms with Crippen molar-refractivity contribution in [3.05, 3.63) is 52.9 Å². The zero-order chi connectivity index (χ0) is 23.6. The van der Waals surface area contributed by atoms with E-state index in [-0.39, 0.29) is 22.4 Å². The first-order valence-corrected chi connectivity index (χ1v) is 6.66. The molecule has 21 heavy (non-hydrogen) atoms. The number of hydrogen-bond acceptors (Lipinski definition) is 0. The van der Waals surface area contributed by atoms with E-state index in [2.05, 4.69) is 0 Å². The third-order valence-electron chi connectivity index (χ3n) is 2.90. The van der Waals surface area contributed by atoms with E-state index >= 15 is 0 Å². The first-order chi connectivity index (χ1) is 13.4. The zero-order valence-electron chi connectivity index (χ0n) is 21.9. The van der Waals surface area contributed by atoms with Gasteiger partial charge in [-0.2, -0.15) is 0 Å². The van der Waals surface area contributed by atoms with Crippen LogP contribution in [0.5, 0.6) is 0 Å². The predicted molar refractivity (Wildman–Crippen MR) is 85.6 cm³/mol. The lowest BCUT2D eigenvalue weighted by molar-refractivity contribution is -0.660. The Balaban J connectivity index is 3.09. The van der Waals surface area contributed by atoms with Crippen LogP contribution in [-0.2, 0) is 13.4 Å². The summed E-state index contributed by atoms with van der Waals surface area (Å²) in [6, 6.07) is -2.52. The van der Waals surface area contributed by atoms with E-state index in [0.29, 0.717) is 0 Å². The maximum absolute atomic E-state index is 14.1. The summed E-state index contributed by atoms with van der Waals surface area (Å²) in [4.78, 5) is 0. The SMILES string of the molecule is [2H]c1c([2H])c(-c2c([2H])c(C([2H])([2H])[2H])c(C([2H])([2H])C(C)(C)C)c[n+]2C)c(C)c([2H])c1F. The minimum absolute atomic E-state index is 0.000624. The van der Waals surface area contributed by atoms with Crippen LogP contribution >= 0.6 is 0 Å². The molecule has 0 saturated heterocycles. The van der Waals surface area contributed by atoms with E-state index in [4.69, 9.17) is 12.3 Å². The molecule has 0 saturated carbocycles. The highest BCUT2D eigenvalue weighted by Gasteiger charge is 2.19. The average molecular weight is 295 g/mol. The molecule has 1 aromatic carbocycles. The lowest BCUT2D eigenvalue weighted by Crippen LogP contribution is -2.32. The van der Waals surface area contributed by atoms with Gasteiger partial charge >= 0.3 is 0 Å². The number of rotatable bonds is 2. The maximum atomic E-state index is 14.1. The largest absolute Gasteiger partial charge is 0.212 e. The maximum Gasteiger partial charge on any atom is 0.212 e. The Morgan fingerprint density at radius 2 is 2.00 bits per heavy atom. The van der Waals surface area contributed by atoms with Crippen LogP contribution in [0.2, 0.25) is 0 Å². The molecular formula is C19H25FN+. The summed E-state index contributed by atoms with van der Waals surface area (Å²) in [5.74, 6) is -1.16. The van der Waals surface area contributed by atoms with Crippen LogP contribution in [0, 0.1) is 25.0 Å². The highest BCUT2D eigenvalue weighted by atomic mass is 19.1. The average Bonchev–Trinajstić information content (AvgIpc) is 2.58. The Labute approximate surface area is 140 Å². The number of benzene rings is 1. The molecule has 112 valence electrons. The molecule has 2 heteroatoms. The summed E-state index contributed by atoms with van der Waals surface area (Å²) in [6.45, 7) is 3.41. The van der Waals surface area contributed by atoms with E-state index in [9.17, 15) is 4.39 Å². The molecule has 1 heterocycles. The first-order valence-electron chi connectivity index (χ1n) is 11.2. The van der Waals surface area contributed by atoms with Crippen LogP contribution in [0.3, 0.4) is 0 Å². The number of aryl methyl sites for hydroxylation is 1. The summed E-state index contributed by atoms with van der Waals surface area (Å²) < 4.78 is 88.9. The van der Waals surface area contributed by atoms with Crippen molar-refractivity contribution in [2.24, 2.45) is 12.5 Å². The molecule has 0 bridgehead atoms. The van der Waals surface area contributed by atoms with Gasteiger partial charge in [0.25, 0.3) is 0 Å². The molecule has 0 radical (unpaired) electrons. The van der Waals surface area contributed by atoms with Crippen LogP contribution < -0.4 is 4.57 Å². The molecule has 0 fully saturated rings. The van der Waals surface area contributed by atoms with Crippen molar-refractivity contribution in [1.29, 1.82) is 0 Å². The molecule has 0 aliphatic heterocycles. The molecule has 2 rings (SSSR count). The Bertz CT molecular complexity index is 992. The molecule has 0 aliphatic carbocycles. The number of halogens is 1. The van der Waals surface area contributed by atoms with Gasteiger partial charge < -0.3 is 0 Å². The Kier molecular flexibility index (Phi) is 2.00. The fourth-order valence-corrected chi connectivity index (χ4v) is 2.04. The Morgan fingerprint density at radius 3 is 2.62 bits per heavy atom. The van der Waals surface area contributed by atoms with E-state index < -0.39 is 54.2 Å². The van der Waals surface area contributed by atoms with Crippen LogP contribution in [0.4, 0.5) is 4.39 Å². The number of hydrogen-bond donors (Lipinski definition) is 0. The van der Waals surface area contributed by atoms with Gasteiger partial charge in [0.05, 0.1) is 5.48 Å². The van der Waals surface area contributed by atoms with E-state index in [0.717, 1.165) is 0 Å². The van der Waals surface area contributed by atoms with Crippen molar-refractivity contribution in [2.45, 2.75) is 40.9 Å². The number of nitrogens with zero attached hydrogens (tertiary/aromatic N) is 1. The Hall–Kier alpha value is -1.70. The van der Waals surface area contributed by atoms with E-state index in [1.165, 1.54) is 24.7 Å². The normalized spacial score (nSPS) is 19.2. The highest BCUT2D eigenvalue weighted by Crippen LogP contribution is 2.26. The van der Waals surface area contributed by atoms with Crippen LogP contribution in [0.15, 0.2) is 30.4 Å². The third kappa shape index (κ3) is 3.69. The van der Waals surface area contributed by atoms with Gasteiger partial charge in [0.1, 0.15) is 12.9 Å². The minimum atomic E-state index is -2.84. The Morgan fingerprint density at radius 1 is 1.29 bits per heavy atom. The van der Waals surface area contributed by atoms with Gasteiger partial charge in [-0.1, -0.05) is 20.8 Å². The second kappa shape index (κ2) is 5.59. The lowest BCUT2D eigenvalue weighted by atomic mass is 9.87. The monoisotopic (exact) mass is 295 g/mol. The molecule has 1 nitrogen and oxygen atoms in total. The minimum Gasteiger partial charge on any atom is -0.207 e. The molecule has 0 aliphatic rings. The van der Waals surface area contributed by atoms with Gasteiger partial charge in [-0.25, -0.2) is 8.96 Å². The molecule has 0 amide bonds. The van der Waals surface area contributed by atoms with Crippen molar-refractivity contribution >= 4 is 0 Å². The second-order valence-electron chi connectivity index (χ2n) is 6.07. The lowest BCUT2D eigenvalue weighted by Gasteiger charge is -2.19. The molecule has 2 aromatic rings. The van der Waals surface area contributed by atoms with Crippen molar-refractivity contribution < 1.29 is 21.3 Å². The summed E-state index contributed by atoms with van der Waals surface area (Å²) in [5, 5.41) is 0. The van der Waals surface area contributed by atoms with Gasteiger partial charge in [-0.15, -0.1) is 0 Å². The van der Waals surface area contributed by atoms with Gasteiger partial charge in [0.15, 0.2) is 6.20 Å². The van der Waals surface area contributed by atoms with Crippen molar-refractivity contribution in [2.75, 3.05) is 0 Å². The fourth-order valence-electron chi connectivity index (χ4n) is 2.04. The van der Waals surface area contributed by atoms with Gasteiger partial charge in [-0.3, -0.25) is 0 Å². The molecule has 0 atom stereocenters. The molecular weight excluding hydrogens is 261 g/mol. The van der Waals surface area contributed by atoms with Crippen LogP contribution in [-0.4, -0.2) is 0 Å². The van der Waals surface area contributed by atoms with Crippen molar-refractivity contribution in [3.63, 3.8) is 0 Å². The zero-order valence-corrected chi connectivity index (χ0v) is 12.9. The fraction of sp³-hybridized carbons (Fsp3) is 0.421. The quantitative estimate of drug-likeness (QED) is 0.717. The van der Waals surface area contributed by atoms with E-state index in [1.807, 2.05) is 0 Å². The van der Waals surface area contributed by atoms with Crippen LogP contribution in [0.1, 0.15) is 49.8 Å². The highest BCUT2D eigenvalue weighted by molar-refractivity contribution is 5.61. The summed E-state index contributed by atoms with van der Waals surface area (Å²) in [7, 11) is 1.47. The molecule has 1 aromatic heterocycles. The van der Waals surface area contributed by atoms with Gasteiger partial charge in [0, 0.05) is 24.0 Å². The molecule has 0 N–H and O–H groups in total. The van der Waals surface area contributed by atoms with Crippen molar-refractivity contribution in [1.82, 2.24) is 0 Å². The first kappa shape index (κ1) is 7.53. The third-order valence-corrected chi connectivity index (χ3v) is 2.90. The number of aromatic nitrogens is 1.